The second-order valence-electron chi connectivity index (χ2n) is 20.0. The number of aliphatic hydroxyl groups excluding tert-OH is 1. The van der Waals surface area contributed by atoms with Gasteiger partial charge in [0.25, 0.3) is 0 Å². The van der Waals surface area contributed by atoms with Crippen LogP contribution in [0.5, 0.6) is 0 Å². The minimum atomic E-state index is -0.0153. The molecule has 0 bridgehead atoms. The van der Waals surface area contributed by atoms with E-state index in [1.807, 2.05) is 0 Å². The SMILES string of the molecule is CCCCCC/C=C\C=C/CCCCCCCC(=O)O[C@H]1CC[C@]2(C)[C@H]3CC=C4[C@@H]5[C@@H](C)[C@H](C)CC[C@]5(CO)CC[C@@]4(C)[C@]3(C)CC[C@H]2C1(C)C. The van der Waals surface area contributed by atoms with Gasteiger partial charge in [0, 0.05) is 23.9 Å². The van der Waals surface area contributed by atoms with E-state index in [1.54, 1.807) is 5.57 Å². The van der Waals surface area contributed by atoms with Crippen LogP contribution in [0.4, 0.5) is 0 Å². The quantitative estimate of drug-likeness (QED) is 0.0753. The number of carbonyl (C=O) groups excluding carboxylic acids is 1. The van der Waals surface area contributed by atoms with Crippen LogP contribution in [0.1, 0.15) is 190 Å². The Morgan fingerprint density at radius 3 is 2.16 bits per heavy atom. The van der Waals surface area contributed by atoms with Gasteiger partial charge in [0.1, 0.15) is 6.10 Å². The zero-order chi connectivity index (χ0) is 36.9. The van der Waals surface area contributed by atoms with Crippen molar-refractivity contribution in [2.24, 2.45) is 56.7 Å². The molecule has 4 saturated carbocycles. The predicted molar refractivity (Wildman–Crippen MR) is 215 cm³/mol. The van der Waals surface area contributed by atoms with Gasteiger partial charge >= 0.3 is 5.97 Å². The predicted octanol–water partition coefficient (Wildman–Crippen LogP) is 13.4. The Bertz CT molecular complexity index is 1240. The molecule has 5 aliphatic rings. The van der Waals surface area contributed by atoms with Crippen molar-refractivity contribution in [1.82, 2.24) is 0 Å². The summed E-state index contributed by atoms with van der Waals surface area (Å²) in [7, 11) is 0. The Hall–Kier alpha value is -1.35. The summed E-state index contributed by atoms with van der Waals surface area (Å²) in [6.45, 7) is 20.4. The maximum Gasteiger partial charge on any atom is 0.306 e. The maximum absolute atomic E-state index is 13.2. The first-order valence-corrected chi connectivity index (χ1v) is 22.1. The maximum atomic E-state index is 13.2. The number of hydrogen-bond donors (Lipinski definition) is 1. The van der Waals surface area contributed by atoms with Gasteiger partial charge in [0.05, 0.1) is 0 Å². The molecule has 0 amide bonds. The molecule has 0 aliphatic heterocycles. The number of aliphatic hydroxyl groups is 1. The molecule has 4 fully saturated rings. The minimum Gasteiger partial charge on any atom is -0.462 e. The summed E-state index contributed by atoms with van der Waals surface area (Å²) in [5.41, 5.74) is 2.53. The van der Waals surface area contributed by atoms with E-state index < -0.39 is 0 Å². The standard InChI is InChI=1S/C48H80O3/c1-9-10-11-12-13-14-15-16-17-18-19-20-21-22-23-24-42(50)51-41-29-30-45(6)39(44(41,4)5)28-31-47(8)40(45)26-25-38-43-37(3)36(2)27-32-48(43,35-49)34-33-46(38,47)7/h14-17,25,36-37,39-41,43,49H,9-13,18-24,26-35H2,1-8H3/b15-14-,17-16-/t36-,37+,39+,40-,41+,43+,45+,46-,47-,48-/m1/s1. The molecule has 10 atom stereocenters. The van der Waals surface area contributed by atoms with Gasteiger partial charge < -0.3 is 9.84 Å². The molecule has 3 heteroatoms. The molecule has 0 aromatic rings. The second-order valence-corrected chi connectivity index (χ2v) is 20.0. The molecule has 3 nitrogen and oxygen atoms in total. The van der Waals surface area contributed by atoms with Gasteiger partial charge in [-0.1, -0.05) is 130 Å². The van der Waals surface area contributed by atoms with E-state index in [2.05, 4.69) is 85.8 Å². The summed E-state index contributed by atoms with van der Waals surface area (Å²) in [6.07, 6.45) is 36.5. The number of fused-ring (bicyclic) bond motifs is 7. The fraction of sp³-hybridized carbons (Fsp3) is 0.854. The molecule has 290 valence electrons. The van der Waals surface area contributed by atoms with Gasteiger partial charge in [-0.2, -0.15) is 0 Å². The second kappa shape index (κ2) is 17.0. The van der Waals surface area contributed by atoms with Crippen LogP contribution < -0.4 is 0 Å². The lowest BCUT2D eigenvalue weighted by Crippen LogP contribution is -2.65. The fourth-order valence-corrected chi connectivity index (χ4v) is 13.4. The van der Waals surface area contributed by atoms with Crippen molar-refractivity contribution in [3.05, 3.63) is 36.0 Å². The molecule has 5 rings (SSSR count). The molecule has 0 radical (unpaired) electrons. The molecule has 0 aromatic carbocycles. The first-order valence-electron chi connectivity index (χ1n) is 22.1. The van der Waals surface area contributed by atoms with Crippen molar-refractivity contribution in [3.63, 3.8) is 0 Å². The fourth-order valence-electron chi connectivity index (χ4n) is 13.4. The van der Waals surface area contributed by atoms with Crippen molar-refractivity contribution in [3.8, 4) is 0 Å². The van der Waals surface area contributed by atoms with E-state index in [-0.39, 0.29) is 39.1 Å². The van der Waals surface area contributed by atoms with Crippen LogP contribution in [-0.4, -0.2) is 23.8 Å². The van der Waals surface area contributed by atoms with Gasteiger partial charge in [-0.05, 0) is 136 Å². The van der Waals surface area contributed by atoms with Crippen LogP contribution in [0.2, 0.25) is 0 Å². The molecular formula is C48H80O3. The normalized spacial score (nSPS) is 40.3. The van der Waals surface area contributed by atoms with E-state index in [0.717, 1.165) is 31.6 Å². The molecule has 0 unspecified atom stereocenters. The van der Waals surface area contributed by atoms with E-state index in [1.165, 1.54) is 103 Å². The Labute approximate surface area is 315 Å². The summed E-state index contributed by atoms with van der Waals surface area (Å²) in [5.74, 6) is 3.14. The van der Waals surface area contributed by atoms with Gasteiger partial charge in [-0.3, -0.25) is 4.79 Å². The van der Waals surface area contributed by atoms with Gasteiger partial charge in [0.15, 0.2) is 0 Å². The van der Waals surface area contributed by atoms with Crippen molar-refractivity contribution in [2.75, 3.05) is 6.61 Å². The van der Waals surface area contributed by atoms with Crippen molar-refractivity contribution < 1.29 is 14.6 Å². The Kier molecular flexibility index (Phi) is 13.6. The van der Waals surface area contributed by atoms with Crippen molar-refractivity contribution in [1.29, 1.82) is 0 Å². The Balaban J connectivity index is 1.11. The number of allylic oxidation sites excluding steroid dienone is 6. The molecule has 0 spiro atoms. The molecule has 0 saturated heterocycles. The highest BCUT2D eigenvalue weighted by molar-refractivity contribution is 5.69. The minimum absolute atomic E-state index is 0.0153. The smallest absolute Gasteiger partial charge is 0.306 e. The first-order chi connectivity index (χ1) is 24.3. The number of hydrogen-bond acceptors (Lipinski definition) is 3. The van der Waals surface area contributed by atoms with Gasteiger partial charge in [-0.25, -0.2) is 0 Å². The zero-order valence-corrected chi connectivity index (χ0v) is 34.7. The molecule has 5 aliphatic carbocycles. The number of ether oxygens (including phenoxy) is 1. The lowest BCUT2D eigenvalue weighted by Gasteiger charge is -2.71. The van der Waals surface area contributed by atoms with E-state index >= 15 is 0 Å². The summed E-state index contributed by atoms with van der Waals surface area (Å²) >= 11 is 0. The Morgan fingerprint density at radius 2 is 1.47 bits per heavy atom. The Morgan fingerprint density at radius 1 is 0.804 bits per heavy atom. The number of rotatable bonds is 16. The van der Waals surface area contributed by atoms with Crippen LogP contribution in [0.3, 0.4) is 0 Å². The summed E-state index contributed by atoms with van der Waals surface area (Å²) in [5, 5.41) is 10.9. The molecule has 0 heterocycles. The molecule has 51 heavy (non-hydrogen) atoms. The average molecular weight is 705 g/mol. The van der Waals surface area contributed by atoms with E-state index in [4.69, 9.17) is 4.74 Å². The monoisotopic (exact) mass is 705 g/mol. The van der Waals surface area contributed by atoms with E-state index in [9.17, 15) is 9.90 Å². The third-order valence-electron chi connectivity index (χ3n) is 17.0. The van der Waals surface area contributed by atoms with Crippen LogP contribution >= 0.6 is 0 Å². The lowest BCUT2D eigenvalue weighted by molar-refractivity contribution is -0.214. The number of carbonyl (C=O) groups is 1. The highest BCUT2D eigenvalue weighted by Crippen LogP contribution is 2.75. The lowest BCUT2D eigenvalue weighted by atomic mass is 9.33. The molecule has 0 aromatic heterocycles. The average Bonchev–Trinajstić information content (AvgIpc) is 3.09. The zero-order valence-electron chi connectivity index (χ0n) is 34.7. The van der Waals surface area contributed by atoms with Crippen LogP contribution in [0.15, 0.2) is 36.0 Å². The third-order valence-corrected chi connectivity index (χ3v) is 17.0. The van der Waals surface area contributed by atoms with Gasteiger partial charge in [0.2, 0.25) is 0 Å². The first kappa shape index (κ1) is 40.8. The van der Waals surface area contributed by atoms with Crippen molar-refractivity contribution >= 4 is 5.97 Å². The number of unbranched alkanes of at least 4 members (excludes halogenated alkanes) is 9. The topological polar surface area (TPSA) is 46.5 Å². The van der Waals surface area contributed by atoms with Crippen LogP contribution in [0, 0.1) is 56.7 Å². The van der Waals surface area contributed by atoms with Crippen molar-refractivity contribution in [2.45, 2.75) is 196 Å². The highest BCUT2D eigenvalue weighted by Gasteiger charge is 2.68. The molecule has 1 N–H and O–H groups in total. The third kappa shape index (κ3) is 7.92. The van der Waals surface area contributed by atoms with Gasteiger partial charge in [-0.15, -0.1) is 0 Å². The number of esters is 1. The summed E-state index contributed by atoms with van der Waals surface area (Å²) < 4.78 is 6.40. The van der Waals surface area contributed by atoms with E-state index in [0.29, 0.717) is 36.7 Å². The van der Waals surface area contributed by atoms with Crippen LogP contribution in [-0.2, 0) is 9.53 Å². The summed E-state index contributed by atoms with van der Waals surface area (Å²) in [6, 6.07) is 0. The molecular weight excluding hydrogens is 625 g/mol. The largest absolute Gasteiger partial charge is 0.462 e. The van der Waals surface area contributed by atoms with Crippen LogP contribution in [0.25, 0.3) is 0 Å². The summed E-state index contributed by atoms with van der Waals surface area (Å²) in [4.78, 5) is 13.2. The highest BCUT2D eigenvalue weighted by atomic mass is 16.5.